The van der Waals surface area contributed by atoms with Crippen molar-refractivity contribution in [1.82, 2.24) is 15.5 Å². The minimum absolute atomic E-state index is 0.0828. The molecule has 2 amide bonds. The van der Waals surface area contributed by atoms with Gasteiger partial charge in [-0.1, -0.05) is 55.5 Å². The number of aryl methyl sites for hydroxylation is 1. The molecule has 42 heavy (non-hydrogen) atoms. The number of hydrogen-bond acceptors (Lipinski definition) is 5. The number of amides is 2. The highest BCUT2D eigenvalue weighted by Gasteiger charge is 2.43. The summed E-state index contributed by atoms with van der Waals surface area (Å²) >= 11 is 0. The molecule has 1 fully saturated rings. The van der Waals surface area contributed by atoms with Gasteiger partial charge in [0.25, 0.3) is 5.91 Å². The Labute approximate surface area is 248 Å². The molecule has 1 saturated heterocycles. The second kappa shape index (κ2) is 14.4. The number of likely N-dealkylation sites (tertiary alicyclic amines) is 1. The van der Waals surface area contributed by atoms with Crippen molar-refractivity contribution < 1.29 is 23.8 Å². The molecule has 1 heterocycles. The number of ether oxygens (including phenoxy) is 1. The maximum absolute atomic E-state index is 15.7. The van der Waals surface area contributed by atoms with Gasteiger partial charge in [-0.05, 0) is 79.6 Å². The lowest BCUT2D eigenvalue weighted by molar-refractivity contribution is -0.0564. The predicted octanol–water partition coefficient (Wildman–Crippen LogP) is 5.65. The third-order valence-electron chi connectivity index (χ3n) is 8.26. The Balaban J connectivity index is 1.69. The van der Waals surface area contributed by atoms with Crippen molar-refractivity contribution in [3.63, 3.8) is 0 Å². The summed E-state index contributed by atoms with van der Waals surface area (Å²) in [7, 11) is 3.18. The number of carbonyl (C=O) groups excluding carboxylic acids is 2. The Morgan fingerprint density at radius 1 is 1.10 bits per heavy atom. The molecule has 7 nitrogen and oxygen atoms in total. The van der Waals surface area contributed by atoms with Gasteiger partial charge in [0.1, 0.15) is 5.82 Å². The fraction of sp³-hybridized carbons (Fsp3) is 0.412. The Morgan fingerprint density at radius 3 is 2.57 bits per heavy atom. The molecule has 4 rings (SSSR count). The van der Waals surface area contributed by atoms with E-state index in [2.05, 4.69) is 10.6 Å². The molecular formula is C34H42FN3O4. The van der Waals surface area contributed by atoms with Crippen LogP contribution < -0.4 is 10.6 Å². The topological polar surface area (TPSA) is 90.9 Å². The average Bonchev–Trinajstić information content (AvgIpc) is 3.03. The SMILES string of the molecule is CCc1cccc(-c2c(F)cccc2[C@](O)(CCCNC(=O)OC)C2CCCN(C(=O)c3ccc(CNC)cc3)C2)c1. The van der Waals surface area contributed by atoms with Crippen molar-refractivity contribution in [1.29, 1.82) is 0 Å². The molecule has 3 N–H and O–H groups in total. The van der Waals surface area contributed by atoms with Crippen LogP contribution in [0.15, 0.2) is 66.7 Å². The van der Waals surface area contributed by atoms with Crippen molar-refractivity contribution in [3.05, 3.63) is 94.8 Å². The molecule has 0 bridgehead atoms. The van der Waals surface area contributed by atoms with Crippen molar-refractivity contribution in [2.75, 3.05) is 33.8 Å². The largest absolute Gasteiger partial charge is 0.453 e. The molecule has 8 heteroatoms. The molecular weight excluding hydrogens is 533 g/mol. The van der Waals surface area contributed by atoms with Crippen molar-refractivity contribution in [2.45, 2.75) is 51.2 Å². The lowest BCUT2D eigenvalue weighted by Gasteiger charge is -2.43. The first-order valence-electron chi connectivity index (χ1n) is 14.8. The number of piperidine rings is 1. The van der Waals surface area contributed by atoms with Gasteiger partial charge in [0.2, 0.25) is 0 Å². The Morgan fingerprint density at radius 2 is 1.86 bits per heavy atom. The van der Waals surface area contributed by atoms with Crippen LogP contribution in [0.25, 0.3) is 11.1 Å². The second-order valence-electron chi connectivity index (χ2n) is 11.0. The van der Waals surface area contributed by atoms with Gasteiger partial charge in [-0.3, -0.25) is 4.79 Å². The summed E-state index contributed by atoms with van der Waals surface area (Å²) in [6, 6.07) is 20.2. The monoisotopic (exact) mass is 575 g/mol. The molecule has 2 atom stereocenters. The summed E-state index contributed by atoms with van der Waals surface area (Å²) in [4.78, 5) is 27.0. The summed E-state index contributed by atoms with van der Waals surface area (Å²) in [5.74, 6) is -0.829. The van der Waals surface area contributed by atoms with E-state index in [1.807, 2.05) is 62.5 Å². The first-order valence-corrected chi connectivity index (χ1v) is 14.8. The van der Waals surface area contributed by atoms with Gasteiger partial charge < -0.3 is 25.4 Å². The van der Waals surface area contributed by atoms with E-state index < -0.39 is 17.5 Å². The Kier molecular flexibility index (Phi) is 10.7. The molecule has 0 aliphatic carbocycles. The predicted molar refractivity (Wildman–Crippen MR) is 163 cm³/mol. The summed E-state index contributed by atoms with van der Waals surface area (Å²) in [5.41, 5.74) is 2.90. The molecule has 224 valence electrons. The van der Waals surface area contributed by atoms with E-state index in [1.54, 1.807) is 17.0 Å². The summed E-state index contributed by atoms with van der Waals surface area (Å²) < 4.78 is 20.4. The minimum atomic E-state index is -1.45. The standard InChI is InChI=1S/C34H42FN3O4/c1-4-24-9-5-10-27(21-24)31-29(12-6-13-30(31)35)34(41,18-8-19-37-33(40)42-3)28-11-7-20-38(23-28)32(39)26-16-14-25(15-17-26)22-36-2/h5-6,9-10,12-17,21,28,36,41H,4,7-8,11,18-20,22-23H2,1-3H3,(H,37,40)/t28?,34-/m0/s1. The van der Waals surface area contributed by atoms with E-state index in [0.717, 1.165) is 24.1 Å². The number of rotatable bonds is 11. The number of aliphatic hydroxyl groups is 1. The maximum atomic E-state index is 15.7. The Hall–Kier alpha value is -3.75. The van der Waals surface area contributed by atoms with Crippen LogP contribution in [0.4, 0.5) is 9.18 Å². The lowest BCUT2D eigenvalue weighted by atomic mass is 9.72. The molecule has 0 radical (unpaired) electrons. The van der Waals surface area contributed by atoms with Gasteiger partial charge in [-0.15, -0.1) is 0 Å². The van der Waals surface area contributed by atoms with Crippen LogP contribution in [0.5, 0.6) is 0 Å². The van der Waals surface area contributed by atoms with Gasteiger partial charge in [0.05, 0.1) is 12.7 Å². The van der Waals surface area contributed by atoms with E-state index in [1.165, 1.54) is 13.2 Å². The summed E-state index contributed by atoms with van der Waals surface area (Å²) in [6.45, 7) is 3.98. The molecule has 0 saturated carbocycles. The third-order valence-corrected chi connectivity index (χ3v) is 8.26. The van der Waals surface area contributed by atoms with Gasteiger partial charge in [0, 0.05) is 43.2 Å². The van der Waals surface area contributed by atoms with E-state index in [0.29, 0.717) is 61.2 Å². The summed E-state index contributed by atoms with van der Waals surface area (Å²) in [5, 5.41) is 18.4. The fourth-order valence-corrected chi connectivity index (χ4v) is 6.01. The number of hydrogen-bond donors (Lipinski definition) is 3. The van der Waals surface area contributed by atoms with E-state index in [-0.39, 0.29) is 18.2 Å². The lowest BCUT2D eigenvalue weighted by Crippen LogP contribution is -2.48. The van der Waals surface area contributed by atoms with Crippen LogP contribution in [0.3, 0.4) is 0 Å². The zero-order valence-corrected chi connectivity index (χ0v) is 24.8. The molecule has 3 aromatic carbocycles. The number of carbonyl (C=O) groups is 2. The van der Waals surface area contributed by atoms with E-state index in [4.69, 9.17) is 4.74 Å². The van der Waals surface area contributed by atoms with E-state index in [9.17, 15) is 14.7 Å². The van der Waals surface area contributed by atoms with Crippen molar-refractivity contribution >= 4 is 12.0 Å². The zero-order valence-electron chi connectivity index (χ0n) is 24.8. The Bertz CT molecular complexity index is 1360. The number of halogens is 1. The zero-order chi connectivity index (χ0) is 30.1. The quantitative estimate of drug-likeness (QED) is 0.257. The number of alkyl carbamates (subject to hydrolysis) is 1. The molecule has 3 aromatic rings. The van der Waals surface area contributed by atoms with Gasteiger partial charge in [-0.25, -0.2) is 9.18 Å². The smallest absolute Gasteiger partial charge is 0.406 e. The van der Waals surface area contributed by atoms with Crippen molar-refractivity contribution in [2.24, 2.45) is 5.92 Å². The van der Waals surface area contributed by atoms with Gasteiger partial charge >= 0.3 is 6.09 Å². The molecule has 0 aromatic heterocycles. The summed E-state index contributed by atoms with van der Waals surface area (Å²) in [6.07, 6.45) is 2.36. The van der Waals surface area contributed by atoms with Gasteiger partial charge in [-0.2, -0.15) is 0 Å². The average molecular weight is 576 g/mol. The highest BCUT2D eigenvalue weighted by Crippen LogP contribution is 2.44. The number of benzene rings is 3. The first-order chi connectivity index (χ1) is 20.3. The number of nitrogens with one attached hydrogen (secondary N) is 2. The van der Waals surface area contributed by atoms with Crippen LogP contribution in [-0.4, -0.2) is 55.8 Å². The molecule has 1 aliphatic heterocycles. The third kappa shape index (κ3) is 7.17. The van der Waals surface area contributed by atoms with Crippen LogP contribution in [0.1, 0.15) is 59.7 Å². The fourth-order valence-electron chi connectivity index (χ4n) is 6.01. The van der Waals surface area contributed by atoms with Crippen LogP contribution in [0.2, 0.25) is 0 Å². The number of methoxy groups -OCH3 is 1. The van der Waals surface area contributed by atoms with Crippen molar-refractivity contribution in [3.8, 4) is 11.1 Å². The molecule has 1 unspecified atom stereocenters. The van der Waals surface area contributed by atoms with Gasteiger partial charge in [0.15, 0.2) is 0 Å². The number of nitrogens with zero attached hydrogens (tertiary/aromatic N) is 1. The highest BCUT2D eigenvalue weighted by molar-refractivity contribution is 5.94. The normalized spacial score (nSPS) is 16.5. The molecule has 0 spiro atoms. The maximum Gasteiger partial charge on any atom is 0.406 e. The highest BCUT2D eigenvalue weighted by atomic mass is 19.1. The minimum Gasteiger partial charge on any atom is -0.453 e. The first kappa shape index (κ1) is 31.2. The van der Waals surface area contributed by atoms with Crippen LogP contribution >= 0.6 is 0 Å². The van der Waals surface area contributed by atoms with Crippen LogP contribution in [-0.2, 0) is 23.3 Å². The molecule has 1 aliphatic rings. The second-order valence-corrected chi connectivity index (χ2v) is 11.0. The van der Waals surface area contributed by atoms with Crippen LogP contribution in [0, 0.1) is 11.7 Å². The van der Waals surface area contributed by atoms with E-state index >= 15 is 4.39 Å².